The fourth-order valence-electron chi connectivity index (χ4n) is 6.23. The first-order chi connectivity index (χ1) is 17.7. The molecule has 0 radical (unpaired) electrons. The van der Waals surface area contributed by atoms with Gasteiger partial charge in [0.05, 0.1) is 0 Å². The molecule has 0 saturated heterocycles. The number of halogens is 1. The molecule has 2 unspecified atom stereocenters. The van der Waals surface area contributed by atoms with Crippen molar-refractivity contribution in [2.75, 3.05) is 13.1 Å². The summed E-state index contributed by atoms with van der Waals surface area (Å²) in [7, 11) is 0. The second-order valence-corrected chi connectivity index (χ2v) is 11.3. The summed E-state index contributed by atoms with van der Waals surface area (Å²) in [6, 6.07) is 17.3. The molecular formula is C32H39ClN2O. The number of benzene rings is 2. The van der Waals surface area contributed by atoms with Crippen molar-refractivity contribution in [3.63, 3.8) is 0 Å². The van der Waals surface area contributed by atoms with E-state index < -0.39 is 0 Å². The molecule has 0 aromatic heterocycles. The highest BCUT2D eigenvalue weighted by Crippen LogP contribution is 2.37. The van der Waals surface area contributed by atoms with Gasteiger partial charge >= 0.3 is 0 Å². The van der Waals surface area contributed by atoms with E-state index in [0.29, 0.717) is 17.7 Å². The van der Waals surface area contributed by atoms with Crippen molar-refractivity contribution in [2.45, 2.75) is 63.3 Å². The minimum absolute atomic E-state index is 0.384. The predicted molar refractivity (Wildman–Crippen MR) is 150 cm³/mol. The van der Waals surface area contributed by atoms with Gasteiger partial charge in [-0.1, -0.05) is 66.2 Å². The van der Waals surface area contributed by atoms with Gasteiger partial charge in [0.15, 0.2) is 0 Å². The third kappa shape index (κ3) is 6.44. The van der Waals surface area contributed by atoms with Crippen LogP contribution in [0.15, 0.2) is 83.6 Å². The topological polar surface area (TPSA) is 44.3 Å². The maximum atomic E-state index is 10.0. The predicted octanol–water partition coefficient (Wildman–Crippen LogP) is 6.99. The number of hydrogen-bond acceptors (Lipinski definition) is 3. The summed E-state index contributed by atoms with van der Waals surface area (Å²) in [5, 5.41) is 18.6. The lowest BCUT2D eigenvalue weighted by Crippen LogP contribution is -2.42. The highest BCUT2D eigenvalue weighted by atomic mass is 35.5. The lowest BCUT2D eigenvalue weighted by molar-refractivity contribution is 0.250. The molecule has 2 atom stereocenters. The molecule has 3 nitrogen and oxygen atoms in total. The maximum absolute atomic E-state index is 10.0. The molecule has 0 spiro atoms. The Morgan fingerprint density at radius 3 is 2.47 bits per heavy atom. The van der Waals surface area contributed by atoms with Gasteiger partial charge in [-0.3, -0.25) is 0 Å². The van der Waals surface area contributed by atoms with Crippen LogP contribution in [0.1, 0.15) is 61.1 Å². The number of hydrogen-bond donors (Lipinski definition) is 3. The van der Waals surface area contributed by atoms with Crippen molar-refractivity contribution in [2.24, 2.45) is 11.8 Å². The van der Waals surface area contributed by atoms with Crippen LogP contribution in [-0.2, 0) is 12.8 Å². The Bertz CT molecular complexity index is 1100. The van der Waals surface area contributed by atoms with E-state index in [-0.39, 0.29) is 0 Å². The van der Waals surface area contributed by atoms with Crippen molar-refractivity contribution in [3.05, 3.63) is 100 Å². The van der Waals surface area contributed by atoms with Gasteiger partial charge in [0.1, 0.15) is 5.75 Å². The van der Waals surface area contributed by atoms with Gasteiger partial charge in [0.25, 0.3) is 0 Å². The standard InChI is InChI=1S/C32H39ClN2O/c33-30-9-5-2-6-10-32(30)35-22-25-13-11-24(12-14-25)21-34-31-18-15-26-20-27(36)16-17-28(26)29(31)19-23-7-3-1-4-8-23/h1-8,10,16-17,20,24-25,29,31,34-36H,9,11-15,18-19,21-22H2. The number of phenols is 1. The zero-order chi connectivity index (χ0) is 24.7. The van der Waals surface area contributed by atoms with E-state index in [4.69, 9.17) is 11.6 Å². The maximum Gasteiger partial charge on any atom is 0.115 e. The minimum Gasteiger partial charge on any atom is -0.508 e. The molecule has 2 aromatic carbocycles. The largest absolute Gasteiger partial charge is 0.508 e. The van der Waals surface area contributed by atoms with Crippen LogP contribution in [0.3, 0.4) is 0 Å². The molecule has 0 amide bonds. The zero-order valence-corrected chi connectivity index (χ0v) is 21.9. The van der Waals surface area contributed by atoms with Crippen LogP contribution in [0, 0.1) is 11.8 Å². The van der Waals surface area contributed by atoms with E-state index in [2.05, 4.69) is 71.3 Å². The minimum atomic E-state index is 0.384. The summed E-state index contributed by atoms with van der Waals surface area (Å²) < 4.78 is 0. The number of allylic oxidation sites excluding steroid dienone is 5. The van der Waals surface area contributed by atoms with Crippen LogP contribution in [-0.4, -0.2) is 24.2 Å². The molecule has 3 aliphatic carbocycles. The molecule has 5 rings (SSSR count). The van der Waals surface area contributed by atoms with E-state index in [1.54, 1.807) is 0 Å². The molecule has 1 saturated carbocycles. The number of rotatable bonds is 8. The number of nitrogens with one attached hydrogen (secondary N) is 2. The van der Waals surface area contributed by atoms with Gasteiger partial charge in [0.2, 0.25) is 0 Å². The molecule has 36 heavy (non-hydrogen) atoms. The summed E-state index contributed by atoms with van der Waals surface area (Å²) >= 11 is 6.44. The summed E-state index contributed by atoms with van der Waals surface area (Å²) in [4.78, 5) is 0. The number of phenolic OH excluding ortho intramolecular Hbond substituents is 1. The Labute approximate surface area is 221 Å². The van der Waals surface area contributed by atoms with Crippen molar-refractivity contribution in [1.82, 2.24) is 10.6 Å². The average Bonchev–Trinajstić information content (AvgIpc) is 3.11. The van der Waals surface area contributed by atoms with Gasteiger partial charge in [-0.15, -0.1) is 0 Å². The van der Waals surface area contributed by atoms with Crippen LogP contribution in [0.5, 0.6) is 5.75 Å². The summed E-state index contributed by atoms with van der Waals surface area (Å²) in [5.74, 6) is 2.31. The van der Waals surface area contributed by atoms with E-state index in [1.807, 2.05) is 12.1 Å². The first-order valence-corrected chi connectivity index (χ1v) is 14.1. The fraction of sp³-hybridized carbons (Fsp3) is 0.438. The lowest BCUT2D eigenvalue weighted by Gasteiger charge is -2.37. The normalized spacial score (nSPS) is 25.9. The highest BCUT2D eigenvalue weighted by Gasteiger charge is 2.31. The Kier molecular flexibility index (Phi) is 8.51. The first kappa shape index (κ1) is 25.2. The van der Waals surface area contributed by atoms with Gasteiger partial charge in [-0.05, 0) is 98.2 Å². The van der Waals surface area contributed by atoms with Gasteiger partial charge in [-0.2, -0.15) is 0 Å². The first-order valence-electron chi connectivity index (χ1n) is 13.7. The van der Waals surface area contributed by atoms with Gasteiger partial charge in [0, 0.05) is 35.7 Å². The molecule has 3 aliphatic rings. The molecule has 0 heterocycles. The SMILES string of the molecule is Oc1ccc2c(c1)CCC(NCC1CCC(CNC3=C(Cl)CC=CC=C3)CC1)C2Cc1ccccc1. The van der Waals surface area contributed by atoms with Gasteiger partial charge < -0.3 is 15.7 Å². The van der Waals surface area contributed by atoms with Crippen molar-refractivity contribution in [3.8, 4) is 5.75 Å². The Morgan fingerprint density at radius 2 is 1.67 bits per heavy atom. The molecule has 1 fully saturated rings. The Balaban J connectivity index is 1.14. The van der Waals surface area contributed by atoms with Crippen molar-refractivity contribution < 1.29 is 5.11 Å². The monoisotopic (exact) mass is 502 g/mol. The number of aromatic hydroxyl groups is 1. The molecule has 4 heteroatoms. The molecule has 190 valence electrons. The van der Waals surface area contributed by atoms with Crippen LogP contribution >= 0.6 is 11.6 Å². The van der Waals surface area contributed by atoms with Crippen molar-refractivity contribution >= 4 is 11.6 Å². The lowest BCUT2D eigenvalue weighted by atomic mass is 9.75. The van der Waals surface area contributed by atoms with Crippen LogP contribution in [0.4, 0.5) is 0 Å². The van der Waals surface area contributed by atoms with Crippen LogP contribution in [0.25, 0.3) is 0 Å². The van der Waals surface area contributed by atoms with E-state index in [9.17, 15) is 5.11 Å². The molecular weight excluding hydrogens is 464 g/mol. The molecule has 0 bridgehead atoms. The Hall–Kier alpha value is -2.49. The third-order valence-electron chi connectivity index (χ3n) is 8.35. The highest BCUT2D eigenvalue weighted by molar-refractivity contribution is 6.30. The fourth-order valence-corrected chi connectivity index (χ4v) is 6.45. The molecule has 3 N–H and O–H groups in total. The smallest absolute Gasteiger partial charge is 0.115 e. The van der Waals surface area contributed by atoms with Crippen LogP contribution in [0.2, 0.25) is 0 Å². The number of aryl methyl sites for hydroxylation is 1. The molecule has 0 aliphatic heterocycles. The second kappa shape index (κ2) is 12.2. The quantitative estimate of drug-likeness (QED) is 0.364. The van der Waals surface area contributed by atoms with E-state index >= 15 is 0 Å². The van der Waals surface area contributed by atoms with E-state index in [0.717, 1.165) is 61.3 Å². The summed E-state index contributed by atoms with van der Waals surface area (Å²) in [6.45, 7) is 2.12. The van der Waals surface area contributed by atoms with E-state index in [1.165, 1.54) is 42.4 Å². The zero-order valence-electron chi connectivity index (χ0n) is 21.1. The second-order valence-electron chi connectivity index (χ2n) is 10.8. The number of fused-ring (bicyclic) bond motifs is 1. The third-order valence-corrected chi connectivity index (χ3v) is 8.71. The average molecular weight is 503 g/mol. The van der Waals surface area contributed by atoms with Gasteiger partial charge in [-0.25, -0.2) is 0 Å². The summed E-state index contributed by atoms with van der Waals surface area (Å²) in [5.41, 5.74) is 5.20. The van der Waals surface area contributed by atoms with Crippen molar-refractivity contribution in [1.29, 1.82) is 0 Å². The Morgan fingerprint density at radius 1 is 0.889 bits per heavy atom. The molecule has 2 aromatic rings. The van der Waals surface area contributed by atoms with Crippen LogP contribution < -0.4 is 10.6 Å². The summed E-state index contributed by atoms with van der Waals surface area (Å²) in [6.07, 6.45) is 17.5.